The lowest BCUT2D eigenvalue weighted by molar-refractivity contribution is 0.0856. The Bertz CT molecular complexity index is 366. The quantitative estimate of drug-likeness (QED) is 0.501. The van der Waals surface area contributed by atoms with E-state index in [2.05, 4.69) is 19.1 Å². The number of nitrogens with two attached hydrogens (primary N) is 1. The highest BCUT2D eigenvalue weighted by atomic mass is 14.8. The molecule has 5 aliphatic carbocycles. The molecular weight excluding hydrogens is 206 g/mol. The third-order valence-corrected chi connectivity index (χ3v) is 7.34. The van der Waals surface area contributed by atoms with Gasteiger partial charge in [-0.1, -0.05) is 19.1 Å². The fraction of sp³-hybridized carbons (Fsp3) is 0.875. The molecule has 4 bridgehead atoms. The summed E-state index contributed by atoms with van der Waals surface area (Å²) in [6.45, 7) is 2.48. The van der Waals surface area contributed by atoms with Gasteiger partial charge in [0.1, 0.15) is 0 Å². The van der Waals surface area contributed by atoms with Crippen LogP contribution in [0.4, 0.5) is 0 Å². The van der Waals surface area contributed by atoms with E-state index in [1.165, 1.54) is 19.3 Å². The molecule has 2 N–H and O–H groups in total. The van der Waals surface area contributed by atoms with Gasteiger partial charge in [0.25, 0.3) is 0 Å². The van der Waals surface area contributed by atoms with Gasteiger partial charge in [0, 0.05) is 6.04 Å². The molecule has 4 fully saturated rings. The van der Waals surface area contributed by atoms with Crippen molar-refractivity contribution in [2.75, 3.05) is 0 Å². The molecule has 4 saturated carbocycles. The molecule has 0 heterocycles. The van der Waals surface area contributed by atoms with Gasteiger partial charge < -0.3 is 5.73 Å². The van der Waals surface area contributed by atoms with Crippen LogP contribution in [0.25, 0.3) is 0 Å². The van der Waals surface area contributed by atoms with Gasteiger partial charge in [-0.3, -0.25) is 0 Å². The minimum Gasteiger partial charge on any atom is -0.327 e. The van der Waals surface area contributed by atoms with Crippen LogP contribution >= 0.6 is 0 Å². The van der Waals surface area contributed by atoms with Gasteiger partial charge in [0.15, 0.2) is 0 Å². The van der Waals surface area contributed by atoms with Crippen LogP contribution in [0.1, 0.15) is 26.2 Å². The highest BCUT2D eigenvalue weighted by Gasteiger charge is 2.67. The minimum atomic E-state index is 0.536. The Balaban J connectivity index is 1.59. The van der Waals surface area contributed by atoms with E-state index in [-0.39, 0.29) is 0 Å². The largest absolute Gasteiger partial charge is 0.327 e. The van der Waals surface area contributed by atoms with E-state index >= 15 is 0 Å². The first-order valence-electron chi connectivity index (χ1n) is 7.69. The van der Waals surface area contributed by atoms with Gasteiger partial charge in [-0.15, -0.1) is 0 Å². The van der Waals surface area contributed by atoms with Gasteiger partial charge in [-0.2, -0.15) is 0 Å². The van der Waals surface area contributed by atoms with E-state index in [9.17, 15) is 0 Å². The van der Waals surface area contributed by atoms with E-state index in [1.54, 1.807) is 0 Å². The zero-order chi connectivity index (χ0) is 11.3. The molecule has 0 amide bonds. The first-order chi connectivity index (χ1) is 8.25. The molecule has 17 heavy (non-hydrogen) atoms. The topological polar surface area (TPSA) is 26.0 Å². The number of rotatable bonds is 0. The maximum atomic E-state index is 6.46. The summed E-state index contributed by atoms with van der Waals surface area (Å²) in [5, 5.41) is 0. The fourth-order valence-electron chi connectivity index (χ4n) is 7.28. The lowest BCUT2D eigenvalue weighted by atomic mass is 9.64. The molecule has 92 valence electrons. The third-order valence-electron chi connectivity index (χ3n) is 7.34. The van der Waals surface area contributed by atoms with Gasteiger partial charge in [0.05, 0.1) is 0 Å². The Morgan fingerprint density at radius 1 is 0.824 bits per heavy atom. The summed E-state index contributed by atoms with van der Waals surface area (Å²) >= 11 is 0. The molecular formula is C16H23N. The summed E-state index contributed by atoms with van der Waals surface area (Å²) in [5.41, 5.74) is 6.46. The summed E-state index contributed by atoms with van der Waals surface area (Å²) in [6, 6.07) is 0.536. The van der Waals surface area contributed by atoms with Crippen molar-refractivity contribution in [3.05, 3.63) is 12.2 Å². The maximum Gasteiger partial charge on any atom is 0.00754 e. The highest BCUT2D eigenvalue weighted by Crippen LogP contribution is 2.71. The third kappa shape index (κ3) is 0.917. The normalized spacial score (nSPS) is 70.0. The van der Waals surface area contributed by atoms with Crippen molar-refractivity contribution in [3.63, 3.8) is 0 Å². The Hall–Kier alpha value is -0.300. The van der Waals surface area contributed by atoms with Crippen molar-refractivity contribution in [1.29, 1.82) is 0 Å². The second kappa shape index (κ2) is 2.82. The van der Waals surface area contributed by atoms with Crippen LogP contribution < -0.4 is 5.73 Å². The predicted octanol–water partition coefficient (Wildman–Crippen LogP) is 2.67. The minimum absolute atomic E-state index is 0.536. The molecule has 5 aliphatic rings. The molecule has 0 aromatic rings. The second-order valence-electron chi connectivity index (χ2n) is 7.70. The zero-order valence-corrected chi connectivity index (χ0v) is 10.6. The van der Waals surface area contributed by atoms with Gasteiger partial charge in [0.2, 0.25) is 0 Å². The SMILES string of the molecule is CC1CC(N)C2C3CC(C12)C1C2C=CC(C2)C31. The van der Waals surface area contributed by atoms with Crippen molar-refractivity contribution < 1.29 is 0 Å². The van der Waals surface area contributed by atoms with Crippen molar-refractivity contribution >= 4 is 0 Å². The maximum absolute atomic E-state index is 6.46. The molecule has 5 rings (SSSR count). The molecule has 0 spiro atoms. The molecule has 10 unspecified atom stereocenters. The molecule has 10 atom stereocenters. The second-order valence-corrected chi connectivity index (χ2v) is 7.70. The Morgan fingerprint density at radius 3 is 2.18 bits per heavy atom. The van der Waals surface area contributed by atoms with Crippen molar-refractivity contribution in [1.82, 2.24) is 0 Å². The molecule has 0 saturated heterocycles. The van der Waals surface area contributed by atoms with Gasteiger partial charge >= 0.3 is 0 Å². The monoisotopic (exact) mass is 229 g/mol. The lowest BCUT2D eigenvalue weighted by Gasteiger charge is -2.41. The fourth-order valence-corrected chi connectivity index (χ4v) is 7.28. The summed E-state index contributed by atoms with van der Waals surface area (Å²) in [4.78, 5) is 0. The molecule has 0 aliphatic heterocycles. The van der Waals surface area contributed by atoms with Crippen molar-refractivity contribution in [2.45, 2.75) is 32.2 Å². The lowest BCUT2D eigenvalue weighted by Crippen LogP contribution is -2.41. The smallest absolute Gasteiger partial charge is 0.00754 e. The summed E-state index contributed by atoms with van der Waals surface area (Å²) in [7, 11) is 0. The zero-order valence-electron chi connectivity index (χ0n) is 10.6. The first kappa shape index (κ1) is 9.61. The van der Waals surface area contributed by atoms with Crippen LogP contribution in [-0.4, -0.2) is 6.04 Å². The molecule has 0 radical (unpaired) electrons. The number of fused-ring (bicyclic) bond motifs is 12. The molecule has 1 heteroatoms. The molecule has 0 aromatic carbocycles. The van der Waals surface area contributed by atoms with Crippen LogP contribution in [-0.2, 0) is 0 Å². The number of hydrogen-bond acceptors (Lipinski definition) is 1. The summed E-state index contributed by atoms with van der Waals surface area (Å²) < 4.78 is 0. The summed E-state index contributed by atoms with van der Waals surface area (Å²) in [6.07, 6.45) is 9.44. The number of allylic oxidation sites excluding steroid dienone is 2. The Kier molecular flexibility index (Phi) is 1.59. The van der Waals surface area contributed by atoms with E-state index < -0.39 is 0 Å². The standard InChI is InChI=1S/C16H23N/c1-7-4-12(17)16-11-6-10(13(7)16)14-8-2-3-9(5-8)15(11)14/h2-3,7-16H,4-6,17H2,1H3. The Morgan fingerprint density at radius 2 is 1.47 bits per heavy atom. The first-order valence-corrected chi connectivity index (χ1v) is 7.69. The van der Waals surface area contributed by atoms with E-state index in [4.69, 9.17) is 5.73 Å². The Labute approximate surface area is 104 Å². The van der Waals surface area contributed by atoms with Crippen LogP contribution in [0.5, 0.6) is 0 Å². The average molecular weight is 229 g/mol. The highest BCUT2D eigenvalue weighted by molar-refractivity contribution is 5.23. The van der Waals surface area contributed by atoms with Crippen LogP contribution in [0.2, 0.25) is 0 Å². The average Bonchev–Trinajstić information content (AvgIpc) is 3.03. The molecule has 1 nitrogen and oxygen atoms in total. The van der Waals surface area contributed by atoms with Gasteiger partial charge in [-0.05, 0) is 72.5 Å². The van der Waals surface area contributed by atoms with E-state index in [0.717, 1.165) is 53.3 Å². The van der Waals surface area contributed by atoms with Crippen LogP contribution in [0.15, 0.2) is 12.2 Å². The van der Waals surface area contributed by atoms with E-state index in [1.807, 2.05) is 0 Å². The number of hydrogen-bond donors (Lipinski definition) is 1. The van der Waals surface area contributed by atoms with E-state index in [0.29, 0.717) is 6.04 Å². The van der Waals surface area contributed by atoms with Crippen molar-refractivity contribution in [3.8, 4) is 0 Å². The van der Waals surface area contributed by atoms with Gasteiger partial charge in [-0.25, -0.2) is 0 Å². The summed E-state index contributed by atoms with van der Waals surface area (Å²) in [5.74, 6) is 8.92. The predicted molar refractivity (Wildman–Crippen MR) is 68.1 cm³/mol. The van der Waals surface area contributed by atoms with Crippen molar-refractivity contribution in [2.24, 2.45) is 59.0 Å². The van der Waals surface area contributed by atoms with Crippen LogP contribution in [0, 0.1) is 53.3 Å². The molecule has 0 aromatic heterocycles. The van der Waals surface area contributed by atoms with Crippen LogP contribution in [0.3, 0.4) is 0 Å².